The molecule has 2 heterocycles. The fourth-order valence-corrected chi connectivity index (χ4v) is 3.12. The molecule has 4 rings (SSSR count). The molecule has 29 heavy (non-hydrogen) atoms. The molecule has 0 spiro atoms. The van der Waals surface area contributed by atoms with E-state index in [-0.39, 0.29) is 6.03 Å². The lowest BCUT2D eigenvalue weighted by molar-refractivity contribution is 0.262. The number of carbonyl (C=O) groups excluding carboxylic acids is 1. The van der Waals surface area contributed by atoms with E-state index >= 15 is 0 Å². The Balaban J connectivity index is 1.47. The standard InChI is InChI=1S/C22H20N4O3/c1-28-17-9-16(10-18(11-17)29-2)26-22(27)25-15-5-3-14(4-6-15)20-12-24-21-13-23-8-7-19(20)21/h3-13,24H,1-2H3,(H2,25,26,27). The Bertz CT molecular complexity index is 1130. The predicted octanol–water partition coefficient (Wildman–Crippen LogP) is 4.89. The fraction of sp³-hybridized carbons (Fsp3) is 0.0909. The maximum Gasteiger partial charge on any atom is 0.323 e. The highest BCUT2D eigenvalue weighted by atomic mass is 16.5. The summed E-state index contributed by atoms with van der Waals surface area (Å²) in [7, 11) is 3.12. The highest BCUT2D eigenvalue weighted by molar-refractivity contribution is 6.00. The smallest absolute Gasteiger partial charge is 0.323 e. The molecule has 0 saturated heterocycles. The average Bonchev–Trinajstić information content (AvgIpc) is 3.18. The highest BCUT2D eigenvalue weighted by Crippen LogP contribution is 2.29. The summed E-state index contributed by atoms with van der Waals surface area (Å²) in [5, 5.41) is 6.71. The zero-order valence-electron chi connectivity index (χ0n) is 16.0. The van der Waals surface area contributed by atoms with Crippen LogP contribution in [0.25, 0.3) is 22.0 Å². The minimum absolute atomic E-state index is 0.355. The van der Waals surface area contributed by atoms with Gasteiger partial charge in [0.25, 0.3) is 0 Å². The fourth-order valence-electron chi connectivity index (χ4n) is 3.12. The highest BCUT2D eigenvalue weighted by Gasteiger charge is 2.08. The van der Waals surface area contributed by atoms with Crippen LogP contribution in [-0.2, 0) is 0 Å². The van der Waals surface area contributed by atoms with Gasteiger partial charge in [-0.25, -0.2) is 4.79 Å². The van der Waals surface area contributed by atoms with E-state index in [1.807, 2.05) is 36.5 Å². The number of amides is 2. The topological polar surface area (TPSA) is 88.3 Å². The molecule has 3 N–H and O–H groups in total. The van der Waals surface area contributed by atoms with Crippen LogP contribution in [0.5, 0.6) is 11.5 Å². The molecule has 7 nitrogen and oxygen atoms in total. The van der Waals surface area contributed by atoms with E-state index in [4.69, 9.17) is 9.47 Å². The lowest BCUT2D eigenvalue weighted by Crippen LogP contribution is -2.19. The number of anilines is 2. The third-order valence-corrected chi connectivity index (χ3v) is 4.55. The van der Waals surface area contributed by atoms with E-state index < -0.39 is 0 Å². The number of ether oxygens (including phenoxy) is 2. The number of aromatic nitrogens is 2. The van der Waals surface area contributed by atoms with Gasteiger partial charge in [-0.1, -0.05) is 12.1 Å². The Morgan fingerprint density at radius 1 is 0.931 bits per heavy atom. The molecule has 0 bridgehead atoms. The largest absolute Gasteiger partial charge is 0.497 e. The van der Waals surface area contributed by atoms with Gasteiger partial charge in [0, 0.05) is 52.9 Å². The molecule has 2 aromatic carbocycles. The average molecular weight is 388 g/mol. The van der Waals surface area contributed by atoms with Gasteiger partial charge < -0.3 is 25.1 Å². The molecule has 0 aliphatic rings. The van der Waals surface area contributed by atoms with Crippen molar-refractivity contribution in [3.05, 3.63) is 67.1 Å². The van der Waals surface area contributed by atoms with E-state index in [1.165, 1.54) is 0 Å². The number of fused-ring (bicyclic) bond motifs is 1. The van der Waals surface area contributed by atoms with Crippen LogP contribution in [0.4, 0.5) is 16.2 Å². The Kier molecular flexibility index (Phi) is 5.03. The second kappa shape index (κ2) is 7.93. The molecule has 0 aliphatic heterocycles. The quantitative estimate of drug-likeness (QED) is 0.454. The van der Waals surface area contributed by atoms with Crippen LogP contribution >= 0.6 is 0 Å². The summed E-state index contributed by atoms with van der Waals surface area (Å²) in [6, 6.07) is 14.5. The molecule has 0 saturated carbocycles. The van der Waals surface area contributed by atoms with Crippen LogP contribution in [0.1, 0.15) is 0 Å². The number of rotatable bonds is 5. The predicted molar refractivity (Wildman–Crippen MR) is 114 cm³/mol. The number of carbonyl (C=O) groups is 1. The summed E-state index contributed by atoms with van der Waals surface area (Å²) < 4.78 is 10.4. The summed E-state index contributed by atoms with van der Waals surface area (Å²) in [6.45, 7) is 0. The molecular formula is C22H20N4O3. The van der Waals surface area contributed by atoms with Crippen molar-refractivity contribution in [1.29, 1.82) is 0 Å². The second-order valence-electron chi connectivity index (χ2n) is 6.38. The summed E-state index contributed by atoms with van der Waals surface area (Å²) in [5.41, 5.74) is 4.37. The number of hydrogen-bond acceptors (Lipinski definition) is 4. The van der Waals surface area contributed by atoms with Gasteiger partial charge >= 0.3 is 6.03 Å². The maximum atomic E-state index is 12.4. The third kappa shape index (κ3) is 3.98. The maximum absolute atomic E-state index is 12.4. The van der Waals surface area contributed by atoms with Crippen molar-refractivity contribution in [3.8, 4) is 22.6 Å². The zero-order chi connectivity index (χ0) is 20.2. The number of nitrogens with one attached hydrogen (secondary N) is 3. The lowest BCUT2D eigenvalue weighted by Gasteiger charge is -2.11. The van der Waals surface area contributed by atoms with E-state index in [0.717, 1.165) is 22.0 Å². The first-order valence-electron chi connectivity index (χ1n) is 8.99. The van der Waals surface area contributed by atoms with Crippen molar-refractivity contribution < 1.29 is 14.3 Å². The molecule has 4 aromatic rings. The Hall–Kier alpha value is -4.00. The molecular weight excluding hydrogens is 368 g/mol. The summed E-state index contributed by atoms with van der Waals surface area (Å²) in [5.74, 6) is 1.19. The van der Waals surface area contributed by atoms with Crippen LogP contribution in [0.3, 0.4) is 0 Å². The van der Waals surface area contributed by atoms with Gasteiger partial charge in [0.1, 0.15) is 11.5 Å². The Morgan fingerprint density at radius 3 is 2.31 bits per heavy atom. The summed E-state index contributed by atoms with van der Waals surface area (Å²) in [6.07, 6.45) is 5.53. The number of nitrogens with zero attached hydrogens (tertiary/aromatic N) is 1. The van der Waals surface area contributed by atoms with Gasteiger partial charge in [0.2, 0.25) is 0 Å². The van der Waals surface area contributed by atoms with E-state index in [0.29, 0.717) is 22.9 Å². The number of benzene rings is 2. The van der Waals surface area contributed by atoms with Crippen molar-refractivity contribution >= 4 is 28.3 Å². The van der Waals surface area contributed by atoms with E-state index in [9.17, 15) is 4.79 Å². The van der Waals surface area contributed by atoms with Crippen molar-refractivity contribution in [2.24, 2.45) is 0 Å². The summed E-state index contributed by atoms with van der Waals surface area (Å²) in [4.78, 5) is 19.7. The Morgan fingerprint density at radius 2 is 1.62 bits per heavy atom. The minimum Gasteiger partial charge on any atom is -0.497 e. The molecule has 0 radical (unpaired) electrons. The lowest BCUT2D eigenvalue weighted by atomic mass is 10.1. The molecule has 0 unspecified atom stereocenters. The minimum atomic E-state index is -0.355. The second-order valence-corrected chi connectivity index (χ2v) is 6.38. The molecule has 7 heteroatoms. The molecule has 0 atom stereocenters. The van der Waals surface area contributed by atoms with Gasteiger partial charge in [0.05, 0.1) is 25.9 Å². The van der Waals surface area contributed by atoms with Gasteiger partial charge in [-0.3, -0.25) is 4.98 Å². The van der Waals surface area contributed by atoms with Crippen LogP contribution in [0, 0.1) is 0 Å². The molecule has 0 fully saturated rings. The van der Waals surface area contributed by atoms with Crippen molar-refractivity contribution in [3.63, 3.8) is 0 Å². The normalized spacial score (nSPS) is 10.6. The van der Waals surface area contributed by atoms with Gasteiger partial charge in [0.15, 0.2) is 0 Å². The van der Waals surface area contributed by atoms with Crippen molar-refractivity contribution in [1.82, 2.24) is 9.97 Å². The summed E-state index contributed by atoms with van der Waals surface area (Å²) >= 11 is 0. The number of aromatic amines is 1. The van der Waals surface area contributed by atoms with Gasteiger partial charge in [-0.2, -0.15) is 0 Å². The van der Waals surface area contributed by atoms with Gasteiger partial charge in [-0.05, 0) is 23.8 Å². The molecule has 2 aromatic heterocycles. The number of methoxy groups -OCH3 is 2. The monoisotopic (exact) mass is 388 g/mol. The number of pyridine rings is 1. The number of H-pyrrole nitrogens is 1. The number of urea groups is 1. The van der Waals surface area contributed by atoms with E-state index in [1.54, 1.807) is 44.8 Å². The molecule has 146 valence electrons. The number of hydrogen-bond donors (Lipinski definition) is 3. The van der Waals surface area contributed by atoms with Crippen LogP contribution in [0.15, 0.2) is 67.1 Å². The van der Waals surface area contributed by atoms with Crippen molar-refractivity contribution in [2.75, 3.05) is 24.9 Å². The SMILES string of the molecule is COc1cc(NC(=O)Nc2ccc(-c3c[nH]c4cnccc34)cc2)cc(OC)c1. The van der Waals surface area contributed by atoms with E-state index in [2.05, 4.69) is 20.6 Å². The third-order valence-electron chi connectivity index (χ3n) is 4.55. The first kappa shape index (κ1) is 18.4. The molecule has 2 amide bonds. The van der Waals surface area contributed by atoms with Gasteiger partial charge in [-0.15, -0.1) is 0 Å². The first-order chi connectivity index (χ1) is 14.2. The van der Waals surface area contributed by atoms with Crippen LogP contribution in [-0.4, -0.2) is 30.2 Å². The van der Waals surface area contributed by atoms with Crippen LogP contribution in [0.2, 0.25) is 0 Å². The van der Waals surface area contributed by atoms with Crippen LogP contribution < -0.4 is 20.1 Å². The molecule has 0 aliphatic carbocycles. The Labute approximate surface area is 167 Å². The first-order valence-corrected chi connectivity index (χ1v) is 8.99. The zero-order valence-corrected chi connectivity index (χ0v) is 16.0. The van der Waals surface area contributed by atoms with Crippen molar-refractivity contribution in [2.45, 2.75) is 0 Å².